The van der Waals surface area contributed by atoms with Gasteiger partial charge >= 0.3 is 7.12 Å². The second kappa shape index (κ2) is 5.78. The molecule has 5 heteroatoms. The first-order valence-corrected chi connectivity index (χ1v) is 7.21. The van der Waals surface area contributed by atoms with Crippen LogP contribution in [0.5, 0.6) is 5.75 Å². The summed E-state index contributed by atoms with van der Waals surface area (Å²) in [4.78, 5) is 0. The maximum absolute atomic E-state index is 5.69. The molecule has 0 atom stereocenters. The maximum Gasteiger partial charge on any atom is 0.505 e. The molecule has 98 valence electrons. The van der Waals surface area contributed by atoms with E-state index in [-0.39, 0.29) is 7.12 Å². The van der Waals surface area contributed by atoms with Crippen molar-refractivity contribution < 1.29 is 14.0 Å². The number of methoxy groups -OCH3 is 1. The fourth-order valence-electron chi connectivity index (χ4n) is 2.15. The fraction of sp³-hybridized carbons (Fsp3) is 0.286. The molecular weight excluding hydrogens is 259 g/mol. The molecule has 0 spiro atoms. The summed E-state index contributed by atoms with van der Waals surface area (Å²) < 4.78 is 17.7. The molecule has 0 radical (unpaired) electrons. The Bertz CT molecular complexity index is 532. The lowest BCUT2D eigenvalue weighted by Crippen LogP contribution is -2.40. The highest BCUT2D eigenvalue weighted by Crippen LogP contribution is 2.24. The second-order valence-electron chi connectivity index (χ2n) is 4.35. The first-order valence-electron chi connectivity index (χ1n) is 6.33. The SMILES string of the molecule is COc1ccc(-c2ccsc2B2OCCCO2)cc1. The minimum Gasteiger partial charge on any atom is -0.497 e. The Labute approximate surface area is 117 Å². The van der Waals surface area contributed by atoms with E-state index in [1.807, 2.05) is 12.1 Å². The molecule has 0 bridgehead atoms. The standard InChI is InChI=1S/C14H15BO3S/c1-16-12-5-3-11(4-6-12)13-7-10-19-14(13)15-17-8-2-9-18-15/h3-7,10H,2,8-9H2,1H3. The van der Waals surface area contributed by atoms with Crippen molar-refractivity contribution in [1.82, 2.24) is 0 Å². The summed E-state index contributed by atoms with van der Waals surface area (Å²) in [6.45, 7) is 1.54. The Morgan fingerprint density at radius 2 is 1.84 bits per heavy atom. The summed E-state index contributed by atoms with van der Waals surface area (Å²) in [6, 6.07) is 10.2. The highest BCUT2D eigenvalue weighted by molar-refractivity contribution is 7.21. The van der Waals surface area contributed by atoms with E-state index in [4.69, 9.17) is 14.0 Å². The monoisotopic (exact) mass is 274 g/mol. The van der Waals surface area contributed by atoms with Gasteiger partial charge in [0.25, 0.3) is 0 Å². The van der Waals surface area contributed by atoms with Gasteiger partial charge in [-0.2, -0.15) is 11.3 Å². The molecule has 2 heterocycles. The summed E-state index contributed by atoms with van der Waals surface area (Å²) >= 11 is 1.68. The molecule has 1 aromatic heterocycles. The van der Waals surface area contributed by atoms with Crippen LogP contribution in [-0.2, 0) is 9.31 Å². The smallest absolute Gasteiger partial charge is 0.497 e. The summed E-state index contributed by atoms with van der Waals surface area (Å²) in [5.74, 6) is 0.866. The predicted molar refractivity (Wildman–Crippen MR) is 78.2 cm³/mol. The quantitative estimate of drug-likeness (QED) is 0.805. The van der Waals surface area contributed by atoms with Crippen LogP contribution in [0.1, 0.15) is 6.42 Å². The Morgan fingerprint density at radius 1 is 1.11 bits per heavy atom. The normalized spacial score (nSPS) is 15.5. The van der Waals surface area contributed by atoms with Crippen LogP contribution in [0.15, 0.2) is 35.7 Å². The third-order valence-corrected chi connectivity index (χ3v) is 4.08. The molecule has 1 saturated heterocycles. The van der Waals surface area contributed by atoms with Gasteiger partial charge in [-0.25, -0.2) is 0 Å². The fourth-order valence-corrected chi connectivity index (χ4v) is 3.06. The number of rotatable bonds is 3. The summed E-state index contributed by atoms with van der Waals surface area (Å²) in [7, 11) is 1.46. The molecule has 19 heavy (non-hydrogen) atoms. The van der Waals surface area contributed by atoms with Crippen molar-refractivity contribution in [3.8, 4) is 16.9 Å². The highest BCUT2D eigenvalue weighted by atomic mass is 32.1. The topological polar surface area (TPSA) is 27.7 Å². The second-order valence-corrected chi connectivity index (χ2v) is 5.30. The van der Waals surface area contributed by atoms with Crippen LogP contribution in [0.3, 0.4) is 0 Å². The van der Waals surface area contributed by atoms with Gasteiger partial charge in [0.1, 0.15) is 5.75 Å². The zero-order valence-corrected chi connectivity index (χ0v) is 11.6. The van der Waals surface area contributed by atoms with Gasteiger partial charge in [0, 0.05) is 18.0 Å². The van der Waals surface area contributed by atoms with E-state index in [1.54, 1.807) is 18.4 Å². The van der Waals surface area contributed by atoms with Gasteiger partial charge in [-0.05, 0) is 41.1 Å². The zero-order valence-electron chi connectivity index (χ0n) is 10.8. The van der Waals surface area contributed by atoms with Gasteiger partial charge in [-0.3, -0.25) is 0 Å². The van der Waals surface area contributed by atoms with Crippen molar-refractivity contribution >= 4 is 23.2 Å². The molecule has 0 unspecified atom stereocenters. The van der Waals surface area contributed by atoms with Crippen LogP contribution in [-0.4, -0.2) is 27.4 Å². The molecule has 3 rings (SSSR count). The van der Waals surface area contributed by atoms with E-state index in [9.17, 15) is 0 Å². The minimum absolute atomic E-state index is 0.217. The van der Waals surface area contributed by atoms with Gasteiger partial charge in [-0.15, -0.1) is 0 Å². The summed E-state index contributed by atoms with van der Waals surface area (Å²) in [6.07, 6.45) is 0.972. The molecule has 3 nitrogen and oxygen atoms in total. The Kier molecular flexibility index (Phi) is 3.87. The summed E-state index contributed by atoms with van der Waals surface area (Å²) in [5.41, 5.74) is 2.34. The van der Waals surface area contributed by atoms with E-state index in [0.717, 1.165) is 35.7 Å². The summed E-state index contributed by atoms with van der Waals surface area (Å²) in [5, 5.41) is 2.08. The number of ether oxygens (including phenoxy) is 1. The van der Waals surface area contributed by atoms with Crippen LogP contribution in [0, 0.1) is 0 Å². The van der Waals surface area contributed by atoms with Crippen LogP contribution in [0.25, 0.3) is 11.1 Å². The first kappa shape index (κ1) is 12.7. The Balaban J connectivity index is 1.89. The first-order chi connectivity index (χ1) is 9.38. The maximum atomic E-state index is 5.69. The molecule has 0 saturated carbocycles. The van der Waals surface area contributed by atoms with Crippen LogP contribution >= 0.6 is 11.3 Å². The molecule has 0 amide bonds. The largest absolute Gasteiger partial charge is 0.505 e. The zero-order chi connectivity index (χ0) is 13.1. The molecule has 1 aromatic carbocycles. The number of hydrogen-bond donors (Lipinski definition) is 0. The van der Waals surface area contributed by atoms with Crippen LogP contribution < -0.4 is 9.51 Å². The Hall–Kier alpha value is -1.30. The van der Waals surface area contributed by atoms with Crippen molar-refractivity contribution in [3.05, 3.63) is 35.7 Å². The molecule has 0 N–H and O–H groups in total. The van der Waals surface area contributed by atoms with Crippen molar-refractivity contribution in [2.75, 3.05) is 20.3 Å². The van der Waals surface area contributed by atoms with E-state index >= 15 is 0 Å². The third kappa shape index (κ3) is 2.68. The molecule has 2 aromatic rings. The van der Waals surface area contributed by atoms with E-state index in [1.165, 1.54) is 5.56 Å². The molecular formula is C14H15BO3S. The number of benzene rings is 1. The van der Waals surface area contributed by atoms with E-state index < -0.39 is 0 Å². The molecule has 1 fully saturated rings. The predicted octanol–water partition coefficient (Wildman–Crippen LogP) is 2.56. The van der Waals surface area contributed by atoms with Gasteiger partial charge in [0.15, 0.2) is 0 Å². The van der Waals surface area contributed by atoms with Gasteiger partial charge in [-0.1, -0.05) is 12.1 Å². The lowest BCUT2D eigenvalue weighted by atomic mass is 9.82. The van der Waals surface area contributed by atoms with E-state index in [2.05, 4.69) is 23.6 Å². The average molecular weight is 274 g/mol. The van der Waals surface area contributed by atoms with E-state index in [0.29, 0.717) is 0 Å². The van der Waals surface area contributed by atoms with Crippen molar-refractivity contribution in [2.24, 2.45) is 0 Å². The molecule has 1 aliphatic rings. The van der Waals surface area contributed by atoms with Crippen LogP contribution in [0.2, 0.25) is 0 Å². The number of hydrogen-bond acceptors (Lipinski definition) is 4. The van der Waals surface area contributed by atoms with Crippen LogP contribution in [0.4, 0.5) is 0 Å². The van der Waals surface area contributed by atoms with Crippen molar-refractivity contribution in [1.29, 1.82) is 0 Å². The van der Waals surface area contributed by atoms with Gasteiger partial charge < -0.3 is 14.0 Å². The third-order valence-electron chi connectivity index (χ3n) is 3.14. The molecule has 1 aliphatic heterocycles. The lowest BCUT2D eigenvalue weighted by Gasteiger charge is -2.19. The van der Waals surface area contributed by atoms with Gasteiger partial charge in [0.2, 0.25) is 0 Å². The van der Waals surface area contributed by atoms with Crippen molar-refractivity contribution in [3.63, 3.8) is 0 Å². The Morgan fingerprint density at radius 3 is 2.53 bits per heavy atom. The minimum atomic E-state index is -0.217. The van der Waals surface area contributed by atoms with Gasteiger partial charge in [0.05, 0.1) is 7.11 Å². The average Bonchev–Trinajstić information content (AvgIpc) is 2.98. The number of thiophene rings is 1. The van der Waals surface area contributed by atoms with Crippen molar-refractivity contribution in [2.45, 2.75) is 6.42 Å². The highest BCUT2D eigenvalue weighted by Gasteiger charge is 2.28. The lowest BCUT2D eigenvalue weighted by molar-refractivity contribution is 0.144. The molecule has 0 aliphatic carbocycles.